The van der Waals surface area contributed by atoms with Gasteiger partial charge in [-0.1, -0.05) is 12.1 Å². The molecule has 0 bridgehead atoms. The molecule has 2 fully saturated rings. The van der Waals surface area contributed by atoms with Crippen LogP contribution in [0.3, 0.4) is 0 Å². The van der Waals surface area contributed by atoms with Gasteiger partial charge in [-0.3, -0.25) is 9.80 Å². The number of piperidine rings is 1. The van der Waals surface area contributed by atoms with Crippen LogP contribution in [0.25, 0.3) is 0 Å². The van der Waals surface area contributed by atoms with Gasteiger partial charge < -0.3 is 10.1 Å². The van der Waals surface area contributed by atoms with Crippen molar-refractivity contribution in [1.82, 2.24) is 14.8 Å². The number of carbonyl (C=O) groups excluding carboxylic acids is 1. The number of aryl methyl sites for hydroxylation is 1. The fourth-order valence-electron chi connectivity index (χ4n) is 4.83. The number of hydrogen-bond acceptors (Lipinski definition) is 6. The molecule has 28 heavy (non-hydrogen) atoms. The first kappa shape index (κ1) is 19.4. The Hall–Kier alpha value is -1.92. The molecule has 1 spiro atoms. The van der Waals surface area contributed by atoms with Crippen LogP contribution in [0.5, 0.6) is 0 Å². The summed E-state index contributed by atoms with van der Waals surface area (Å²) in [6, 6.07) is 4.48. The largest absolute Gasteiger partial charge is 0.466 e. The molecular weight excluding hydrogens is 352 g/mol. The number of nitrogens with zero attached hydrogens (tertiary/aromatic N) is 3. The number of hydrogen-bond donors (Lipinski definition) is 1. The van der Waals surface area contributed by atoms with Crippen LogP contribution in [0, 0.1) is 5.41 Å². The molecule has 3 aliphatic rings. The van der Waals surface area contributed by atoms with Gasteiger partial charge >= 0.3 is 5.97 Å². The highest BCUT2D eigenvalue weighted by Crippen LogP contribution is 2.40. The number of likely N-dealkylation sites (tertiary alicyclic amines) is 2. The van der Waals surface area contributed by atoms with Gasteiger partial charge in [-0.2, -0.15) is 0 Å². The van der Waals surface area contributed by atoms with Gasteiger partial charge in [-0.05, 0) is 68.8 Å². The Balaban J connectivity index is 1.26. The van der Waals surface area contributed by atoms with Crippen LogP contribution in [-0.2, 0) is 22.5 Å². The maximum atomic E-state index is 11.2. The van der Waals surface area contributed by atoms with E-state index in [4.69, 9.17) is 4.98 Å². The molecule has 0 atom stereocenters. The molecule has 1 aromatic heterocycles. The Bertz CT molecular complexity index is 725. The summed E-state index contributed by atoms with van der Waals surface area (Å²) in [5.41, 5.74) is 3.02. The topological polar surface area (TPSA) is 57.7 Å². The first-order valence-corrected chi connectivity index (χ1v) is 10.6. The second kappa shape index (κ2) is 8.62. The highest BCUT2D eigenvalue weighted by molar-refractivity contribution is 5.81. The molecule has 0 aromatic carbocycles. The fourth-order valence-corrected chi connectivity index (χ4v) is 4.83. The average Bonchev–Trinajstić information content (AvgIpc) is 3.11. The lowest BCUT2D eigenvalue weighted by atomic mass is 9.78. The van der Waals surface area contributed by atoms with Gasteiger partial charge in [0.2, 0.25) is 0 Å². The highest BCUT2D eigenvalue weighted by atomic mass is 16.5. The number of carbonyl (C=O) groups is 1. The second-order valence-corrected chi connectivity index (χ2v) is 8.53. The van der Waals surface area contributed by atoms with E-state index in [0.29, 0.717) is 5.41 Å². The quantitative estimate of drug-likeness (QED) is 0.622. The number of methoxy groups -OCH3 is 1. The minimum absolute atomic E-state index is 0.272. The molecule has 4 rings (SSSR count). The lowest BCUT2D eigenvalue weighted by Crippen LogP contribution is -2.41. The van der Waals surface area contributed by atoms with E-state index in [1.807, 2.05) is 6.08 Å². The highest BCUT2D eigenvalue weighted by Gasteiger charge is 2.40. The molecule has 0 saturated carbocycles. The summed E-state index contributed by atoms with van der Waals surface area (Å²) in [7, 11) is 1.42. The van der Waals surface area contributed by atoms with Crippen molar-refractivity contribution in [3.8, 4) is 0 Å². The number of aromatic nitrogens is 1. The molecule has 0 unspecified atom stereocenters. The minimum Gasteiger partial charge on any atom is -0.466 e. The van der Waals surface area contributed by atoms with Crippen molar-refractivity contribution in [2.24, 2.45) is 5.41 Å². The first-order chi connectivity index (χ1) is 13.7. The van der Waals surface area contributed by atoms with Crippen LogP contribution in [-0.4, -0.2) is 67.1 Å². The van der Waals surface area contributed by atoms with E-state index in [2.05, 4.69) is 32.0 Å². The van der Waals surface area contributed by atoms with Gasteiger partial charge in [0.25, 0.3) is 0 Å². The van der Waals surface area contributed by atoms with Gasteiger partial charge in [-0.25, -0.2) is 9.78 Å². The molecule has 3 aliphatic heterocycles. The van der Waals surface area contributed by atoms with Crippen LogP contribution in [0.2, 0.25) is 0 Å². The normalized spacial score (nSPS) is 22.3. The van der Waals surface area contributed by atoms with Crippen LogP contribution in [0.4, 0.5) is 5.82 Å². The van der Waals surface area contributed by atoms with Gasteiger partial charge in [0.05, 0.1) is 12.8 Å². The molecule has 0 aliphatic carbocycles. The molecule has 0 radical (unpaired) electrons. The van der Waals surface area contributed by atoms with Crippen molar-refractivity contribution in [2.45, 2.75) is 38.6 Å². The Morgan fingerprint density at radius 3 is 2.82 bits per heavy atom. The fraction of sp³-hybridized carbons (Fsp3) is 0.636. The Morgan fingerprint density at radius 2 is 2.04 bits per heavy atom. The standard InChI is InChI=1S/C22H32N4O2/c1-28-20(27)5-3-12-25-13-8-22(9-14-25)10-15-26(17-22)16-19-7-6-18-4-2-11-23-21(18)24-19/h3,5-7H,2,4,8-17H2,1H3,(H,23,24)/b5-3+. The van der Waals surface area contributed by atoms with Gasteiger partial charge in [0, 0.05) is 32.3 Å². The maximum Gasteiger partial charge on any atom is 0.330 e. The third-order valence-electron chi connectivity index (χ3n) is 6.59. The Labute approximate surface area is 167 Å². The van der Waals surface area contributed by atoms with Crippen molar-refractivity contribution in [1.29, 1.82) is 0 Å². The predicted octanol–water partition coefficient (Wildman–Crippen LogP) is 2.46. The second-order valence-electron chi connectivity index (χ2n) is 8.53. The Kier molecular flexibility index (Phi) is 5.97. The van der Waals surface area contributed by atoms with Crippen molar-refractivity contribution in [3.05, 3.63) is 35.5 Å². The van der Waals surface area contributed by atoms with Crippen LogP contribution in [0.1, 0.15) is 36.9 Å². The van der Waals surface area contributed by atoms with E-state index in [1.54, 1.807) is 0 Å². The summed E-state index contributed by atoms with van der Waals surface area (Å²) in [6.45, 7) is 7.42. The van der Waals surface area contributed by atoms with Gasteiger partial charge in [0.1, 0.15) is 5.82 Å². The average molecular weight is 385 g/mol. The number of fused-ring (bicyclic) bond motifs is 1. The Morgan fingerprint density at radius 1 is 1.25 bits per heavy atom. The van der Waals surface area contributed by atoms with E-state index in [0.717, 1.165) is 45.0 Å². The zero-order chi connectivity index (χ0) is 19.4. The predicted molar refractivity (Wildman–Crippen MR) is 110 cm³/mol. The zero-order valence-electron chi connectivity index (χ0n) is 17.0. The third kappa shape index (κ3) is 4.55. The summed E-state index contributed by atoms with van der Waals surface area (Å²) in [6.07, 6.45) is 9.58. The number of esters is 1. The van der Waals surface area contributed by atoms with Gasteiger partial charge in [0.15, 0.2) is 0 Å². The van der Waals surface area contributed by atoms with E-state index in [-0.39, 0.29) is 5.97 Å². The smallest absolute Gasteiger partial charge is 0.330 e. The van der Waals surface area contributed by atoms with E-state index in [1.165, 1.54) is 63.2 Å². The molecule has 6 heteroatoms. The summed E-state index contributed by atoms with van der Waals surface area (Å²) in [5, 5.41) is 3.45. The SMILES string of the molecule is COC(=O)/C=C/CN1CCC2(CC1)CCN(Cc1ccc3c(n1)NCCC3)C2. The molecule has 2 saturated heterocycles. The van der Waals surface area contributed by atoms with E-state index in [9.17, 15) is 4.79 Å². The number of rotatable bonds is 5. The summed E-state index contributed by atoms with van der Waals surface area (Å²) >= 11 is 0. The maximum absolute atomic E-state index is 11.2. The first-order valence-electron chi connectivity index (χ1n) is 10.6. The molecule has 1 aromatic rings. The van der Waals surface area contributed by atoms with Crippen molar-refractivity contribution >= 4 is 11.8 Å². The van der Waals surface area contributed by atoms with Crippen molar-refractivity contribution < 1.29 is 9.53 Å². The summed E-state index contributed by atoms with van der Waals surface area (Å²) in [4.78, 5) is 21.1. The number of ether oxygens (including phenoxy) is 1. The van der Waals surface area contributed by atoms with Crippen LogP contribution in [0.15, 0.2) is 24.3 Å². The monoisotopic (exact) mass is 384 g/mol. The van der Waals surface area contributed by atoms with E-state index < -0.39 is 0 Å². The summed E-state index contributed by atoms with van der Waals surface area (Å²) in [5.74, 6) is 0.830. The summed E-state index contributed by atoms with van der Waals surface area (Å²) < 4.78 is 4.65. The van der Waals surface area contributed by atoms with Gasteiger partial charge in [-0.15, -0.1) is 0 Å². The minimum atomic E-state index is -0.272. The third-order valence-corrected chi connectivity index (χ3v) is 6.59. The van der Waals surface area contributed by atoms with Crippen LogP contribution >= 0.6 is 0 Å². The molecule has 6 nitrogen and oxygen atoms in total. The van der Waals surface area contributed by atoms with Crippen LogP contribution < -0.4 is 5.32 Å². The number of anilines is 1. The number of pyridine rings is 1. The lowest BCUT2D eigenvalue weighted by Gasteiger charge is -2.39. The van der Waals surface area contributed by atoms with E-state index >= 15 is 0 Å². The lowest BCUT2D eigenvalue weighted by molar-refractivity contribution is -0.134. The molecule has 4 heterocycles. The molecular formula is C22H32N4O2. The zero-order valence-corrected chi connectivity index (χ0v) is 17.0. The molecule has 1 N–H and O–H groups in total. The van der Waals surface area contributed by atoms with Crippen molar-refractivity contribution in [3.63, 3.8) is 0 Å². The molecule has 0 amide bonds. The molecule has 152 valence electrons. The van der Waals surface area contributed by atoms with Crippen molar-refractivity contribution in [2.75, 3.05) is 51.7 Å². The number of nitrogens with one attached hydrogen (secondary N) is 1.